The minimum atomic E-state index is -3.56. The summed E-state index contributed by atoms with van der Waals surface area (Å²) in [6.45, 7) is 3.97. The summed E-state index contributed by atoms with van der Waals surface area (Å²) in [5.41, 5.74) is 1.11. The summed E-state index contributed by atoms with van der Waals surface area (Å²) < 4.78 is 41.2. The molecule has 2 aromatic rings. The van der Waals surface area contributed by atoms with Gasteiger partial charge >= 0.3 is 0 Å². The van der Waals surface area contributed by atoms with Gasteiger partial charge in [-0.3, -0.25) is 0 Å². The zero-order valence-electron chi connectivity index (χ0n) is 15.3. The third kappa shape index (κ3) is 2.91. The fraction of sp³-hybridized carbons (Fsp3) is 0.526. The van der Waals surface area contributed by atoms with Crippen LogP contribution >= 0.6 is 0 Å². The second kappa shape index (κ2) is 6.24. The molecule has 0 bridgehead atoms. The molecule has 0 N–H and O–H groups in total. The molecular formula is C19H23N3O4S. The lowest BCUT2D eigenvalue weighted by atomic mass is 10.2. The first-order valence-corrected chi connectivity index (χ1v) is 10.9. The van der Waals surface area contributed by atoms with Crippen LogP contribution in [0, 0.1) is 6.92 Å². The Morgan fingerprint density at radius 3 is 2.67 bits per heavy atom. The lowest BCUT2D eigenvalue weighted by Crippen LogP contribution is -2.30. The largest absolute Gasteiger partial charge is 0.486 e. The Morgan fingerprint density at radius 2 is 1.89 bits per heavy atom. The molecule has 1 saturated carbocycles. The van der Waals surface area contributed by atoms with Crippen molar-refractivity contribution < 1.29 is 17.9 Å². The van der Waals surface area contributed by atoms with Crippen LogP contribution in [0.5, 0.6) is 11.5 Å². The van der Waals surface area contributed by atoms with E-state index in [1.165, 1.54) is 12.8 Å². The number of ether oxygens (including phenoxy) is 2. The molecule has 0 spiro atoms. The van der Waals surface area contributed by atoms with Crippen molar-refractivity contribution in [1.29, 1.82) is 0 Å². The highest BCUT2D eigenvalue weighted by molar-refractivity contribution is 7.89. The van der Waals surface area contributed by atoms with E-state index in [4.69, 9.17) is 9.47 Å². The Morgan fingerprint density at radius 1 is 1.11 bits per heavy atom. The molecule has 7 nitrogen and oxygen atoms in total. The first-order chi connectivity index (χ1) is 13.0. The maximum absolute atomic E-state index is 13.2. The van der Waals surface area contributed by atoms with Crippen molar-refractivity contribution in [3.8, 4) is 11.5 Å². The molecule has 0 radical (unpaired) electrons. The highest BCUT2D eigenvalue weighted by Crippen LogP contribution is 2.42. The molecule has 1 saturated heterocycles. The van der Waals surface area contributed by atoms with Crippen LogP contribution in [0.25, 0.3) is 0 Å². The molecule has 2 fully saturated rings. The van der Waals surface area contributed by atoms with E-state index in [1.54, 1.807) is 22.5 Å². The van der Waals surface area contributed by atoms with Gasteiger partial charge < -0.3 is 14.0 Å². The van der Waals surface area contributed by atoms with Gasteiger partial charge in [-0.15, -0.1) is 0 Å². The van der Waals surface area contributed by atoms with E-state index in [1.807, 2.05) is 6.20 Å². The number of hydrogen-bond acceptors (Lipinski definition) is 5. The zero-order valence-corrected chi connectivity index (χ0v) is 16.1. The van der Waals surface area contributed by atoms with Crippen molar-refractivity contribution in [2.24, 2.45) is 0 Å². The summed E-state index contributed by atoms with van der Waals surface area (Å²) in [7, 11) is -3.56. The second-order valence-corrected chi connectivity index (χ2v) is 9.45. The normalized spacial score (nSPS) is 22.9. The van der Waals surface area contributed by atoms with Crippen LogP contribution in [-0.4, -0.2) is 48.6 Å². The Kier molecular flexibility index (Phi) is 3.94. The Hall–Kier alpha value is -2.06. The lowest BCUT2D eigenvalue weighted by Gasteiger charge is -2.21. The second-order valence-electron chi connectivity index (χ2n) is 7.51. The standard InChI is InChI=1S/C19H23N3O4S/c1-13-11-20-19(14-2-3-14)22(13)15-6-7-21(12-15)27(23,24)16-4-5-17-18(10-16)26-9-8-25-17/h4-5,10-11,14-15H,2-3,6-9,12H2,1H3/t15-/m0/s1. The highest BCUT2D eigenvalue weighted by Gasteiger charge is 2.37. The number of imidazole rings is 1. The molecule has 0 amide bonds. The maximum Gasteiger partial charge on any atom is 0.243 e. The topological polar surface area (TPSA) is 73.7 Å². The van der Waals surface area contributed by atoms with Gasteiger partial charge in [-0.25, -0.2) is 13.4 Å². The van der Waals surface area contributed by atoms with Gasteiger partial charge in [0.25, 0.3) is 0 Å². The molecule has 1 aliphatic carbocycles. The Balaban J connectivity index is 1.40. The fourth-order valence-corrected chi connectivity index (χ4v) is 5.56. The Bertz CT molecular complexity index is 981. The molecule has 3 aliphatic rings. The van der Waals surface area contributed by atoms with Gasteiger partial charge in [0.1, 0.15) is 19.0 Å². The number of hydrogen-bond donors (Lipinski definition) is 0. The molecule has 27 heavy (non-hydrogen) atoms. The Labute approximate surface area is 159 Å². The number of fused-ring (bicyclic) bond motifs is 1. The van der Waals surface area contributed by atoms with Crippen molar-refractivity contribution in [2.45, 2.75) is 43.0 Å². The van der Waals surface area contributed by atoms with Gasteiger partial charge in [-0.2, -0.15) is 4.31 Å². The van der Waals surface area contributed by atoms with E-state index >= 15 is 0 Å². The van der Waals surface area contributed by atoms with Crippen LogP contribution in [-0.2, 0) is 10.0 Å². The summed E-state index contributed by atoms with van der Waals surface area (Å²) in [5.74, 6) is 2.76. The third-order valence-corrected chi connectivity index (χ3v) is 7.46. The molecule has 144 valence electrons. The van der Waals surface area contributed by atoms with Gasteiger partial charge in [0.05, 0.1) is 10.9 Å². The molecule has 2 aliphatic heterocycles. The highest BCUT2D eigenvalue weighted by atomic mass is 32.2. The molecule has 1 aromatic heterocycles. The molecule has 1 atom stereocenters. The van der Waals surface area contributed by atoms with Crippen molar-refractivity contribution in [2.75, 3.05) is 26.3 Å². The van der Waals surface area contributed by atoms with Gasteiger partial charge in [0.2, 0.25) is 10.0 Å². The van der Waals surface area contributed by atoms with Crippen molar-refractivity contribution >= 4 is 10.0 Å². The first-order valence-electron chi connectivity index (χ1n) is 9.47. The molecule has 5 rings (SSSR count). The first kappa shape index (κ1) is 17.1. The summed E-state index contributed by atoms with van der Waals surface area (Å²) in [6.07, 6.45) is 5.08. The number of aromatic nitrogens is 2. The number of aryl methyl sites for hydroxylation is 1. The summed E-state index contributed by atoms with van der Waals surface area (Å²) in [6, 6.07) is 5.01. The summed E-state index contributed by atoms with van der Waals surface area (Å²) in [4.78, 5) is 4.84. The number of sulfonamides is 1. The van der Waals surface area contributed by atoms with Gasteiger partial charge in [0.15, 0.2) is 11.5 Å². The van der Waals surface area contributed by atoms with Crippen LogP contribution in [0.1, 0.15) is 42.7 Å². The van der Waals surface area contributed by atoms with E-state index in [-0.39, 0.29) is 10.9 Å². The van der Waals surface area contributed by atoms with Gasteiger partial charge in [-0.05, 0) is 38.3 Å². The molecule has 0 unspecified atom stereocenters. The molecular weight excluding hydrogens is 366 g/mol. The minimum absolute atomic E-state index is 0.148. The zero-order chi connectivity index (χ0) is 18.6. The SMILES string of the molecule is Cc1cnc(C2CC2)n1[C@H]1CCN(S(=O)(=O)c2ccc3c(c2)OCCO3)C1. The van der Waals surface area contributed by atoms with E-state index in [9.17, 15) is 8.42 Å². The average molecular weight is 389 g/mol. The predicted molar refractivity (Wildman–Crippen MR) is 98.8 cm³/mol. The van der Waals surface area contributed by atoms with Crippen molar-refractivity contribution in [3.63, 3.8) is 0 Å². The van der Waals surface area contributed by atoms with Crippen molar-refractivity contribution in [1.82, 2.24) is 13.9 Å². The van der Waals surface area contributed by atoms with E-state index in [2.05, 4.69) is 16.5 Å². The minimum Gasteiger partial charge on any atom is -0.486 e. The number of benzene rings is 1. The van der Waals surface area contributed by atoms with Crippen LogP contribution in [0.2, 0.25) is 0 Å². The van der Waals surface area contributed by atoms with E-state index in [0.717, 1.165) is 17.9 Å². The fourth-order valence-electron chi connectivity index (χ4n) is 4.06. The van der Waals surface area contributed by atoms with Crippen LogP contribution < -0.4 is 9.47 Å². The third-order valence-electron chi connectivity index (χ3n) is 5.60. The number of rotatable bonds is 4. The summed E-state index contributed by atoms with van der Waals surface area (Å²) >= 11 is 0. The smallest absolute Gasteiger partial charge is 0.243 e. The van der Waals surface area contributed by atoms with Crippen LogP contribution in [0.15, 0.2) is 29.3 Å². The monoisotopic (exact) mass is 389 g/mol. The maximum atomic E-state index is 13.2. The number of nitrogens with zero attached hydrogens (tertiary/aromatic N) is 3. The van der Waals surface area contributed by atoms with Gasteiger partial charge in [0, 0.05) is 37.0 Å². The molecule has 1 aromatic carbocycles. The van der Waals surface area contributed by atoms with E-state index in [0.29, 0.717) is 43.7 Å². The molecule has 3 heterocycles. The van der Waals surface area contributed by atoms with E-state index < -0.39 is 10.0 Å². The predicted octanol–water partition coefficient (Wildman–Crippen LogP) is 2.48. The quantitative estimate of drug-likeness (QED) is 0.803. The summed E-state index contributed by atoms with van der Waals surface area (Å²) in [5, 5.41) is 0. The molecule has 8 heteroatoms. The van der Waals surface area contributed by atoms with Crippen LogP contribution in [0.4, 0.5) is 0 Å². The lowest BCUT2D eigenvalue weighted by molar-refractivity contribution is 0.171. The van der Waals surface area contributed by atoms with Gasteiger partial charge in [-0.1, -0.05) is 0 Å². The van der Waals surface area contributed by atoms with Crippen LogP contribution in [0.3, 0.4) is 0 Å². The van der Waals surface area contributed by atoms with Crippen molar-refractivity contribution in [3.05, 3.63) is 35.9 Å². The average Bonchev–Trinajstić information content (AvgIpc) is 3.27.